The monoisotopic (exact) mass is 256 g/mol. The lowest BCUT2D eigenvalue weighted by Crippen LogP contribution is -2.56. The van der Waals surface area contributed by atoms with Gasteiger partial charge in [-0.3, -0.25) is 4.79 Å². The molecule has 4 nitrogen and oxygen atoms in total. The number of rotatable bonds is 6. The molecule has 0 bridgehead atoms. The molecule has 0 heterocycles. The van der Waals surface area contributed by atoms with Crippen LogP contribution in [0.5, 0.6) is 0 Å². The lowest BCUT2D eigenvalue weighted by molar-refractivity contribution is -0.125. The second kappa shape index (κ2) is 7.10. The summed E-state index contributed by atoms with van der Waals surface area (Å²) < 4.78 is 5.03. The number of methoxy groups -OCH3 is 1. The number of amides is 1. The largest absolute Gasteiger partial charge is 0.383 e. The molecule has 3 N–H and O–H groups in total. The summed E-state index contributed by atoms with van der Waals surface area (Å²) in [6.45, 7) is 5.83. The summed E-state index contributed by atoms with van der Waals surface area (Å²) in [5, 5.41) is 3.34. The highest BCUT2D eigenvalue weighted by Gasteiger charge is 2.38. The van der Waals surface area contributed by atoms with E-state index >= 15 is 0 Å². The molecule has 0 aromatic rings. The topological polar surface area (TPSA) is 64.3 Å². The number of hydrogen-bond donors (Lipinski definition) is 2. The Balaban J connectivity index is 2.64. The fraction of sp³-hybridized carbons (Fsp3) is 0.929. The highest BCUT2D eigenvalue weighted by molar-refractivity contribution is 5.84. The average molecular weight is 256 g/mol. The molecule has 1 saturated carbocycles. The molecule has 1 aliphatic rings. The molecule has 0 aliphatic heterocycles. The molecule has 106 valence electrons. The van der Waals surface area contributed by atoms with Crippen LogP contribution in [0.15, 0.2) is 0 Å². The molecule has 1 amide bonds. The predicted octanol–water partition coefficient (Wildman–Crippen LogP) is 1.68. The Bertz CT molecular complexity index is 269. The molecule has 1 fully saturated rings. The minimum absolute atomic E-state index is 0.206. The first-order chi connectivity index (χ1) is 8.52. The molecular formula is C14H28N2O2. The van der Waals surface area contributed by atoms with Crippen molar-refractivity contribution < 1.29 is 9.53 Å². The quantitative estimate of drug-likeness (QED) is 0.561. The Kier molecular flexibility index (Phi) is 6.09. The molecule has 18 heavy (non-hydrogen) atoms. The third kappa shape index (κ3) is 3.95. The van der Waals surface area contributed by atoms with E-state index in [4.69, 9.17) is 10.5 Å². The van der Waals surface area contributed by atoms with Gasteiger partial charge >= 0.3 is 0 Å². The van der Waals surface area contributed by atoms with Crippen molar-refractivity contribution in [2.75, 3.05) is 20.3 Å². The first-order valence-electron chi connectivity index (χ1n) is 7.05. The summed E-state index contributed by atoms with van der Waals surface area (Å²) in [7, 11) is 1.67. The Hall–Kier alpha value is -0.610. The minimum Gasteiger partial charge on any atom is -0.383 e. The van der Waals surface area contributed by atoms with Crippen LogP contribution >= 0.6 is 0 Å². The smallest absolute Gasteiger partial charge is 0.237 e. The van der Waals surface area contributed by atoms with Crippen molar-refractivity contribution >= 4 is 5.91 Å². The van der Waals surface area contributed by atoms with Crippen molar-refractivity contribution in [3.63, 3.8) is 0 Å². The van der Waals surface area contributed by atoms with Crippen LogP contribution in [0.2, 0.25) is 0 Å². The highest BCUT2D eigenvalue weighted by atomic mass is 16.5. The van der Waals surface area contributed by atoms with Crippen molar-refractivity contribution in [3.8, 4) is 0 Å². The van der Waals surface area contributed by atoms with Crippen LogP contribution in [-0.2, 0) is 9.53 Å². The molecular weight excluding hydrogens is 228 g/mol. The number of carbonyl (C=O) groups excluding carboxylic acids is 1. The molecule has 0 aromatic carbocycles. The number of ether oxygens (including phenoxy) is 1. The molecule has 1 aliphatic carbocycles. The predicted molar refractivity (Wildman–Crippen MR) is 73.2 cm³/mol. The molecule has 0 spiro atoms. The van der Waals surface area contributed by atoms with Crippen molar-refractivity contribution in [2.45, 2.75) is 51.5 Å². The van der Waals surface area contributed by atoms with Crippen LogP contribution < -0.4 is 11.1 Å². The first kappa shape index (κ1) is 15.4. The zero-order chi connectivity index (χ0) is 13.6. The number of nitrogens with one attached hydrogen (secondary N) is 1. The second-order valence-corrected chi connectivity index (χ2v) is 5.80. The van der Waals surface area contributed by atoms with E-state index in [9.17, 15) is 4.79 Å². The van der Waals surface area contributed by atoms with Crippen LogP contribution in [0.4, 0.5) is 0 Å². The Morgan fingerprint density at radius 2 is 2.17 bits per heavy atom. The Morgan fingerprint density at radius 3 is 2.72 bits per heavy atom. The van der Waals surface area contributed by atoms with Crippen LogP contribution in [0.3, 0.4) is 0 Å². The van der Waals surface area contributed by atoms with Gasteiger partial charge in [0.15, 0.2) is 0 Å². The maximum Gasteiger partial charge on any atom is 0.237 e. The molecule has 2 unspecified atom stereocenters. The van der Waals surface area contributed by atoms with Gasteiger partial charge in [0.25, 0.3) is 0 Å². The average Bonchev–Trinajstić information content (AvgIpc) is 2.53. The summed E-state index contributed by atoms with van der Waals surface area (Å²) >= 11 is 0. The summed E-state index contributed by atoms with van der Waals surface area (Å²) in [4.78, 5) is 11.8. The Morgan fingerprint density at radius 1 is 1.44 bits per heavy atom. The maximum atomic E-state index is 11.8. The van der Waals surface area contributed by atoms with Gasteiger partial charge in [-0.2, -0.15) is 0 Å². The normalized spacial score (nSPS) is 29.2. The number of nitrogens with two attached hydrogens (primary N) is 1. The van der Waals surface area contributed by atoms with Crippen molar-refractivity contribution in [1.29, 1.82) is 0 Å². The van der Waals surface area contributed by atoms with Crippen LogP contribution in [0, 0.1) is 11.8 Å². The molecule has 2 atom stereocenters. The van der Waals surface area contributed by atoms with E-state index in [1.54, 1.807) is 7.11 Å². The summed E-state index contributed by atoms with van der Waals surface area (Å²) in [6.07, 6.45) is 5.08. The van der Waals surface area contributed by atoms with Gasteiger partial charge < -0.3 is 15.8 Å². The molecule has 0 aromatic heterocycles. The van der Waals surface area contributed by atoms with E-state index in [2.05, 4.69) is 19.2 Å². The van der Waals surface area contributed by atoms with E-state index in [1.165, 1.54) is 6.42 Å². The van der Waals surface area contributed by atoms with Gasteiger partial charge in [-0.05, 0) is 31.1 Å². The van der Waals surface area contributed by atoms with E-state index in [-0.39, 0.29) is 5.91 Å². The molecule has 0 radical (unpaired) electrons. The van der Waals surface area contributed by atoms with Crippen molar-refractivity contribution in [1.82, 2.24) is 5.32 Å². The third-order valence-electron chi connectivity index (χ3n) is 4.30. The highest BCUT2D eigenvalue weighted by Crippen LogP contribution is 2.33. The minimum atomic E-state index is -0.512. The van der Waals surface area contributed by atoms with Crippen LogP contribution in [-0.4, -0.2) is 31.7 Å². The number of carbonyl (C=O) groups is 1. The van der Waals surface area contributed by atoms with Crippen molar-refractivity contribution in [3.05, 3.63) is 0 Å². The number of primary amides is 1. The standard InChI is InChI=1S/C14H28N2O2/c1-11(2)12-5-4-7-14(8-6-12,13(15)17)16-9-10-18-3/h11-12,16H,4-10H2,1-3H3,(H2,15,17). The van der Waals surface area contributed by atoms with E-state index < -0.39 is 5.54 Å². The third-order valence-corrected chi connectivity index (χ3v) is 4.30. The van der Waals surface area contributed by atoms with E-state index in [1.807, 2.05) is 0 Å². The Labute approximate surface area is 111 Å². The van der Waals surface area contributed by atoms with Crippen LogP contribution in [0.1, 0.15) is 46.0 Å². The van der Waals surface area contributed by atoms with Gasteiger partial charge in [-0.1, -0.05) is 26.7 Å². The molecule has 1 rings (SSSR count). The zero-order valence-corrected chi connectivity index (χ0v) is 12.0. The first-order valence-corrected chi connectivity index (χ1v) is 7.05. The second-order valence-electron chi connectivity index (χ2n) is 5.80. The molecule has 0 saturated heterocycles. The fourth-order valence-electron chi connectivity index (χ4n) is 2.94. The molecule has 4 heteroatoms. The van der Waals surface area contributed by atoms with Gasteiger partial charge in [0.2, 0.25) is 5.91 Å². The van der Waals surface area contributed by atoms with Crippen LogP contribution in [0.25, 0.3) is 0 Å². The van der Waals surface area contributed by atoms with Gasteiger partial charge in [-0.25, -0.2) is 0 Å². The maximum absolute atomic E-state index is 11.8. The van der Waals surface area contributed by atoms with E-state index in [0.29, 0.717) is 19.1 Å². The van der Waals surface area contributed by atoms with Gasteiger partial charge in [0.05, 0.1) is 12.1 Å². The lowest BCUT2D eigenvalue weighted by atomic mass is 9.86. The van der Waals surface area contributed by atoms with Gasteiger partial charge in [0, 0.05) is 13.7 Å². The van der Waals surface area contributed by atoms with Gasteiger partial charge in [0.1, 0.15) is 0 Å². The summed E-state index contributed by atoms with van der Waals surface area (Å²) in [5.74, 6) is 1.20. The summed E-state index contributed by atoms with van der Waals surface area (Å²) in [6, 6.07) is 0. The summed E-state index contributed by atoms with van der Waals surface area (Å²) in [5.41, 5.74) is 5.12. The SMILES string of the molecule is COCCNC1(C(N)=O)CCCC(C(C)C)CC1. The van der Waals surface area contributed by atoms with Gasteiger partial charge in [-0.15, -0.1) is 0 Å². The van der Waals surface area contributed by atoms with Crippen molar-refractivity contribution in [2.24, 2.45) is 17.6 Å². The number of hydrogen-bond acceptors (Lipinski definition) is 3. The van der Waals surface area contributed by atoms with E-state index in [0.717, 1.165) is 31.6 Å². The zero-order valence-electron chi connectivity index (χ0n) is 12.0. The fourth-order valence-corrected chi connectivity index (χ4v) is 2.94. The lowest BCUT2D eigenvalue weighted by Gasteiger charge is -2.31.